The molecule has 0 saturated carbocycles. The van der Waals surface area contributed by atoms with Gasteiger partial charge in [0.05, 0.1) is 23.7 Å². The van der Waals surface area contributed by atoms with Gasteiger partial charge < -0.3 is 15.0 Å². The van der Waals surface area contributed by atoms with Gasteiger partial charge in [0.25, 0.3) is 5.56 Å². The summed E-state index contributed by atoms with van der Waals surface area (Å²) in [7, 11) is 0. The molecule has 3 aromatic rings. The number of ether oxygens (including phenoxy) is 1. The lowest BCUT2D eigenvalue weighted by molar-refractivity contribution is 0.388. The van der Waals surface area contributed by atoms with E-state index in [9.17, 15) is 10.1 Å². The lowest BCUT2D eigenvalue weighted by atomic mass is 9.84. The Bertz CT molecular complexity index is 1230. The van der Waals surface area contributed by atoms with E-state index >= 15 is 0 Å². The summed E-state index contributed by atoms with van der Waals surface area (Å²) in [5.74, 6) is -0.230. The van der Waals surface area contributed by atoms with E-state index in [-0.39, 0.29) is 17.0 Å². The second-order valence-corrected chi connectivity index (χ2v) is 7.58. The molecule has 29 heavy (non-hydrogen) atoms. The zero-order chi connectivity index (χ0) is 20.5. The molecule has 0 spiro atoms. The van der Waals surface area contributed by atoms with Crippen molar-refractivity contribution < 1.29 is 4.74 Å². The Morgan fingerprint density at radius 2 is 2.03 bits per heavy atom. The molecule has 2 N–H and O–H groups in total. The highest BCUT2D eigenvalue weighted by Gasteiger charge is 2.35. The SMILES string of the molecule is Cc1cc2c(c(=O)n1Cc1ccccn1)[C@@H](c1ccccc1Br)C(C#N)=C(N)O2. The van der Waals surface area contributed by atoms with E-state index in [1.807, 2.05) is 49.4 Å². The molecule has 6 nitrogen and oxygen atoms in total. The van der Waals surface area contributed by atoms with E-state index in [0.717, 1.165) is 21.4 Å². The van der Waals surface area contributed by atoms with Gasteiger partial charge in [0, 0.05) is 22.4 Å². The standard InChI is InChI=1S/C22H17BrN4O2/c1-13-10-18-20(22(28)27(13)12-14-6-4-5-9-26-14)19(16(11-24)21(25)29-18)15-7-2-3-8-17(15)23/h2-10,19H,12,25H2,1H3/t19-/m0/s1. The first kappa shape index (κ1) is 19.0. The molecule has 1 aliphatic rings. The summed E-state index contributed by atoms with van der Waals surface area (Å²) in [6.45, 7) is 2.16. The molecule has 7 heteroatoms. The maximum Gasteiger partial charge on any atom is 0.259 e. The lowest BCUT2D eigenvalue weighted by Crippen LogP contribution is -2.33. The molecule has 3 heterocycles. The van der Waals surface area contributed by atoms with Gasteiger partial charge in [-0.15, -0.1) is 0 Å². The Labute approximate surface area is 176 Å². The summed E-state index contributed by atoms with van der Waals surface area (Å²) < 4.78 is 8.11. The van der Waals surface area contributed by atoms with Crippen molar-refractivity contribution in [3.8, 4) is 11.8 Å². The molecule has 144 valence electrons. The number of hydrogen-bond acceptors (Lipinski definition) is 5. The number of aromatic nitrogens is 2. The number of nitriles is 1. The molecule has 2 aromatic heterocycles. The zero-order valence-corrected chi connectivity index (χ0v) is 17.2. The normalized spacial score (nSPS) is 15.4. The molecule has 1 atom stereocenters. The number of halogens is 1. The van der Waals surface area contributed by atoms with Crippen molar-refractivity contribution in [2.45, 2.75) is 19.4 Å². The van der Waals surface area contributed by atoms with Crippen LogP contribution >= 0.6 is 15.9 Å². The smallest absolute Gasteiger partial charge is 0.259 e. The highest BCUT2D eigenvalue weighted by Crippen LogP contribution is 2.42. The van der Waals surface area contributed by atoms with Crippen LogP contribution in [0.25, 0.3) is 0 Å². The zero-order valence-electron chi connectivity index (χ0n) is 15.6. The monoisotopic (exact) mass is 448 g/mol. The highest BCUT2D eigenvalue weighted by molar-refractivity contribution is 9.10. The molecular formula is C22H17BrN4O2. The first-order chi connectivity index (χ1) is 14.0. The van der Waals surface area contributed by atoms with Crippen LogP contribution in [0.2, 0.25) is 0 Å². The first-order valence-corrected chi connectivity index (χ1v) is 9.76. The van der Waals surface area contributed by atoms with Crippen LogP contribution in [0.3, 0.4) is 0 Å². The van der Waals surface area contributed by atoms with Gasteiger partial charge in [0.15, 0.2) is 0 Å². The molecule has 0 radical (unpaired) electrons. The maximum atomic E-state index is 13.6. The quantitative estimate of drug-likeness (QED) is 0.660. The number of benzene rings is 1. The van der Waals surface area contributed by atoms with Crippen LogP contribution in [-0.2, 0) is 6.54 Å². The van der Waals surface area contributed by atoms with Gasteiger partial charge in [-0.3, -0.25) is 9.78 Å². The molecule has 0 unspecified atom stereocenters. The molecule has 1 aliphatic heterocycles. The number of pyridine rings is 2. The molecular weight excluding hydrogens is 432 g/mol. The van der Waals surface area contributed by atoms with Gasteiger partial charge in [-0.1, -0.05) is 40.2 Å². The van der Waals surface area contributed by atoms with Gasteiger partial charge in [-0.05, 0) is 30.7 Å². The van der Waals surface area contributed by atoms with E-state index in [0.29, 0.717) is 17.9 Å². The molecule has 0 bridgehead atoms. The Kier molecular flexibility index (Phi) is 4.95. The first-order valence-electron chi connectivity index (χ1n) is 8.97. The predicted octanol–water partition coefficient (Wildman–Crippen LogP) is 3.58. The number of nitrogens with two attached hydrogens (primary N) is 1. The average Bonchev–Trinajstić information content (AvgIpc) is 2.71. The molecule has 4 rings (SSSR count). The van der Waals surface area contributed by atoms with Crippen LogP contribution in [0, 0.1) is 18.3 Å². The average molecular weight is 449 g/mol. The van der Waals surface area contributed by atoms with Gasteiger partial charge in [0.1, 0.15) is 17.4 Å². The Hall–Kier alpha value is -3.37. The Morgan fingerprint density at radius 1 is 1.28 bits per heavy atom. The number of fused-ring (bicyclic) bond motifs is 1. The molecule has 1 aromatic carbocycles. The Balaban J connectivity index is 1.96. The summed E-state index contributed by atoms with van der Waals surface area (Å²) in [6, 6.07) is 17.0. The fraction of sp³-hybridized carbons (Fsp3) is 0.136. The molecule has 0 saturated heterocycles. The maximum absolute atomic E-state index is 13.6. The van der Waals surface area contributed by atoms with Crippen molar-refractivity contribution in [1.82, 2.24) is 9.55 Å². The minimum Gasteiger partial charge on any atom is -0.440 e. The van der Waals surface area contributed by atoms with Gasteiger partial charge in [-0.25, -0.2) is 0 Å². The summed E-state index contributed by atoms with van der Waals surface area (Å²) in [4.78, 5) is 17.9. The molecule has 0 fully saturated rings. The van der Waals surface area contributed by atoms with Crippen LogP contribution in [0.5, 0.6) is 5.75 Å². The van der Waals surface area contributed by atoms with Crippen LogP contribution in [-0.4, -0.2) is 9.55 Å². The predicted molar refractivity (Wildman–Crippen MR) is 112 cm³/mol. The summed E-state index contributed by atoms with van der Waals surface area (Å²) in [6.07, 6.45) is 1.69. The second kappa shape index (κ2) is 7.57. The summed E-state index contributed by atoms with van der Waals surface area (Å²) in [5.41, 5.74) is 8.69. The van der Waals surface area contributed by atoms with Crippen LogP contribution in [0.4, 0.5) is 0 Å². The topological polar surface area (TPSA) is 93.9 Å². The van der Waals surface area contributed by atoms with Crippen molar-refractivity contribution in [3.63, 3.8) is 0 Å². The van der Waals surface area contributed by atoms with E-state index in [4.69, 9.17) is 10.5 Å². The molecule has 0 amide bonds. The fourth-order valence-electron chi connectivity index (χ4n) is 3.56. The summed E-state index contributed by atoms with van der Waals surface area (Å²) >= 11 is 3.54. The van der Waals surface area contributed by atoms with Crippen molar-refractivity contribution >= 4 is 15.9 Å². The van der Waals surface area contributed by atoms with Crippen LogP contribution in [0.15, 0.2) is 75.5 Å². The van der Waals surface area contributed by atoms with Crippen molar-refractivity contribution in [1.29, 1.82) is 5.26 Å². The van der Waals surface area contributed by atoms with Gasteiger partial charge in [0.2, 0.25) is 5.88 Å². The fourth-order valence-corrected chi connectivity index (χ4v) is 4.07. The van der Waals surface area contributed by atoms with E-state index < -0.39 is 5.92 Å². The third-order valence-electron chi connectivity index (χ3n) is 4.95. The van der Waals surface area contributed by atoms with E-state index in [2.05, 4.69) is 27.0 Å². The van der Waals surface area contributed by atoms with Gasteiger partial charge >= 0.3 is 0 Å². The Morgan fingerprint density at radius 3 is 2.72 bits per heavy atom. The minimum atomic E-state index is -0.623. The lowest BCUT2D eigenvalue weighted by Gasteiger charge is -2.28. The second-order valence-electron chi connectivity index (χ2n) is 6.72. The highest BCUT2D eigenvalue weighted by atomic mass is 79.9. The number of allylic oxidation sites excluding steroid dienone is 1. The number of hydrogen-bond donors (Lipinski definition) is 1. The van der Waals surface area contributed by atoms with Crippen LogP contribution < -0.4 is 16.0 Å². The summed E-state index contributed by atoms with van der Waals surface area (Å²) in [5, 5.41) is 9.76. The molecule has 0 aliphatic carbocycles. The van der Waals surface area contributed by atoms with Gasteiger partial charge in [-0.2, -0.15) is 5.26 Å². The minimum absolute atomic E-state index is 0.0158. The number of rotatable bonds is 3. The van der Waals surface area contributed by atoms with Crippen molar-refractivity contribution in [2.24, 2.45) is 5.73 Å². The van der Waals surface area contributed by atoms with Crippen molar-refractivity contribution in [2.75, 3.05) is 0 Å². The third kappa shape index (κ3) is 3.32. The van der Waals surface area contributed by atoms with Crippen molar-refractivity contribution in [3.05, 3.63) is 104 Å². The largest absolute Gasteiger partial charge is 0.440 e. The number of aryl methyl sites for hydroxylation is 1. The number of nitrogens with zero attached hydrogens (tertiary/aromatic N) is 3. The third-order valence-corrected chi connectivity index (χ3v) is 5.67. The van der Waals surface area contributed by atoms with E-state index in [1.54, 1.807) is 16.8 Å². The van der Waals surface area contributed by atoms with E-state index in [1.165, 1.54) is 0 Å². The van der Waals surface area contributed by atoms with Crippen LogP contribution in [0.1, 0.15) is 28.4 Å².